The van der Waals surface area contributed by atoms with Crippen LogP contribution in [0.25, 0.3) is 0 Å². The Labute approximate surface area is 202 Å². The Morgan fingerprint density at radius 1 is 1.09 bits per heavy atom. The Morgan fingerprint density at radius 3 is 2.50 bits per heavy atom. The lowest BCUT2D eigenvalue weighted by molar-refractivity contribution is -0.156. The second-order valence-corrected chi connectivity index (χ2v) is 10.2. The SMILES string of the molecule is CC(=O)S[C@@H](Cc1ccccc1)C(=O)N[C@H]1Cc2ccccc2[C@H]2CCC[C@@H](C(=O)O)N2C1=O. The molecule has 2 aliphatic heterocycles. The van der Waals surface area contributed by atoms with Crippen molar-refractivity contribution in [1.82, 2.24) is 10.2 Å². The minimum atomic E-state index is -1.03. The molecule has 1 saturated heterocycles. The van der Waals surface area contributed by atoms with Gasteiger partial charge in [-0.05, 0) is 42.4 Å². The average molecular weight is 481 g/mol. The van der Waals surface area contributed by atoms with E-state index in [0.717, 1.165) is 28.5 Å². The number of nitrogens with zero attached hydrogens (tertiary/aromatic N) is 1. The van der Waals surface area contributed by atoms with E-state index in [1.165, 1.54) is 11.8 Å². The topological polar surface area (TPSA) is 104 Å². The molecule has 0 saturated carbocycles. The molecule has 2 amide bonds. The minimum absolute atomic E-state index is 0.185. The van der Waals surface area contributed by atoms with E-state index in [-0.39, 0.29) is 23.5 Å². The molecule has 8 heteroatoms. The smallest absolute Gasteiger partial charge is 0.326 e. The maximum absolute atomic E-state index is 13.7. The first-order valence-electron chi connectivity index (χ1n) is 11.5. The minimum Gasteiger partial charge on any atom is -0.480 e. The van der Waals surface area contributed by atoms with E-state index in [0.29, 0.717) is 25.7 Å². The van der Waals surface area contributed by atoms with Crippen LogP contribution in [0.1, 0.15) is 48.9 Å². The van der Waals surface area contributed by atoms with E-state index >= 15 is 0 Å². The molecule has 2 aliphatic rings. The summed E-state index contributed by atoms with van der Waals surface area (Å²) in [6.45, 7) is 1.42. The van der Waals surface area contributed by atoms with Crippen molar-refractivity contribution in [3.63, 3.8) is 0 Å². The van der Waals surface area contributed by atoms with E-state index in [1.54, 1.807) is 0 Å². The quantitative estimate of drug-likeness (QED) is 0.659. The van der Waals surface area contributed by atoms with Crippen molar-refractivity contribution in [2.45, 2.75) is 62.4 Å². The number of carbonyl (C=O) groups is 4. The number of thioether (sulfide) groups is 1. The Bertz CT molecular complexity index is 1090. The maximum Gasteiger partial charge on any atom is 0.326 e. The fourth-order valence-corrected chi connectivity index (χ4v) is 5.83. The lowest BCUT2D eigenvalue weighted by Gasteiger charge is -2.40. The lowest BCUT2D eigenvalue weighted by atomic mass is 9.89. The van der Waals surface area contributed by atoms with Crippen LogP contribution >= 0.6 is 11.8 Å². The van der Waals surface area contributed by atoms with Gasteiger partial charge in [0, 0.05) is 13.3 Å². The first kappa shape index (κ1) is 24.0. The van der Waals surface area contributed by atoms with Crippen LogP contribution in [-0.2, 0) is 32.0 Å². The molecule has 0 bridgehead atoms. The standard InChI is InChI=1S/C26H28N2O5S/c1-16(29)34-23(14-17-8-3-2-4-9-17)24(30)27-20-15-18-10-5-6-11-19(18)21-12-7-13-22(26(32)33)28(21)25(20)31/h2-6,8-11,20-23H,7,12-15H2,1H3,(H,27,30)(H,32,33)/t20-,21+,22-,23-/m0/s1. The Morgan fingerprint density at radius 2 is 1.79 bits per heavy atom. The van der Waals surface area contributed by atoms with Gasteiger partial charge in [-0.3, -0.25) is 14.4 Å². The summed E-state index contributed by atoms with van der Waals surface area (Å²) in [7, 11) is 0. The van der Waals surface area contributed by atoms with Gasteiger partial charge in [0.05, 0.1) is 11.3 Å². The van der Waals surface area contributed by atoms with Gasteiger partial charge in [0.1, 0.15) is 12.1 Å². The van der Waals surface area contributed by atoms with Crippen molar-refractivity contribution in [2.24, 2.45) is 0 Å². The summed E-state index contributed by atoms with van der Waals surface area (Å²) in [5.74, 6) is -1.81. The van der Waals surface area contributed by atoms with Gasteiger partial charge in [0.2, 0.25) is 11.8 Å². The molecular formula is C26H28N2O5S. The monoisotopic (exact) mass is 480 g/mol. The molecule has 2 heterocycles. The zero-order chi connectivity index (χ0) is 24.2. The van der Waals surface area contributed by atoms with Gasteiger partial charge in [-0.1, -0.05) is 66.4 Å². The molecule has 0 aliphatic carbocycles. The number of benzene rings is 2. The summed E-state index contributed by atoms with van der Waals surface area (Å²) in [4.78, 5) is 52.4. The van der Waals surface area contributed by atoms with Crippen LogP contribution in [0.2, 0.25) is 0 Å². The molecule has 2 aromatic carbocycles. The molecule has 0 aromatic heterocycles. The summed E-state index contributed by atoms with van der Waals surface area (Å²) in [6, 6.07) is 14.9. The Balaban J connectivity index is 1.63. The fraction of sp³-hybridized carbons (Fsp3) is 0.385. The largest absolute Gasteiger partial charge is 0.480 e. The van der Waals surface area contributed by atoms with E-state index in [4.69, 9.17) is 0 Å². The molecule has 4 rings (SSSR count). The third-order valence-corrected chi connectivity index (χ3v) is 7.48. The van der Waals surface area contributed by atoms with Crippen LogP contribution in [-0.4, -0.2) is 50.2 Å². The highest BCUT2D eigenvalue weighted by Crippen LogP contribution is 2.39. The fourth-order valence-electron chi connectivity index (χ4n) is 4.98. The number of rotatable bonds is 6. The van der Waals surface area contributed by atoms with Crippen molar-refractivity contribution >= 4 is 34.7 Å². The molecule has 1 fully saturated rings. The average Bonchev–Trinajstić information content (AvgIpc) is 2.94. The number of nitrogens with one attached hydrogen (secondary N) is 1. The predicted molar refractivity (Wildman–Crippen MR) is 129 cm³/mol. The zero-order valence-corrected chi connectivity index (χ0v) is 19.8. The number of piperidine rings is 1. The normalized spacial score (nSPS) is 22.7. The molecule has 0 unspecified atom stereocenters. The first-order chi connectivity index (χ1) is 16.3. The van der Waals surface area contributed by atoms with Gasteiger partial charge in [-0.15, -0.1) is 0 Å². The molecule has 34 heavy (non-hydrogen) atoms. The Hall–Kier alpha value is -3.13. The third kappa shape index (κ3) is 5.17. The summed E-state index contributed by atoms with van der Waals surface area (Å²) < 4.78 is 0. The van der Waals surface area contributed by atoms with Crippen LogP contribution in [0.5, 0.6) is 0 Å². The molecule has 178 valence electrons. The number of carboxylic acid groups (broad SMARTS) is 1. The van der Waals surface area contributed by atoms with E-state index < -0.39 is 29.2 Å². The molecule has 0 radical (unpaired) electrons. The second-order valence-electron chi connectivity index (χ2n) is 8.80. The highest BCUT2D eigenvalue weighted by molar-refractivity contribution is 8.14. The first-order valence-corrected chi connectivity index (χ1v) is 12.4. The van der Waals surface area contributed by atoms with E-state index in [1.807, 2.05) is 54.6 Å². The number of amides is 2. The molecule has 0 spiro atoms. The van der Waals surface area contributed by atoms with Crippen LogP contribution in [0.15, 0.2) is 54.6 Å². The number of carboxylic acids is 1. The van der Waals surface area contributed by atoms with Gasteiger partial charge < -0.3 is 15.3 Å². The van der Waals surface area contributed by atoms with Gasteiger partial charge in [0.15, 0.2) is 5.12 Å². The lowest BCUT2D eigenvalue weighted by Crippen LogP contribution is -2.56. The highest BCUT2D eigenvalue weighted by atomic mass is 32.2. The van der Waals surface area contributed by atoms with Crippen molar-refractivity contribution in [3.8, 4) is 0 Å². The Kier molecular flexibility index (Phi) is 7.36. The maximum atomic E-state index is 13.7. The molecule has 2 aromatic rings. The summed E-state index contributed by atoms with van der Waals surface area (Å²) >= 11 is 0.941. The molecule has 2 N–H and O–H groups in total. The van der Waals surface area contributed by atoms with E-state index in [9.17, 15) is 24.3 Å². The van der Waals surface area contributed by atoms with Crippen molar-refractivity contribution in [3.05, 3.63) is 71.3 Å². The van der Waals surface area contributed by atoms with Crippen LogP contribution < -0.4 is 5.32 Å². The van der Waals surface area contributed by atoms with Crippen molar-refractivity contribution < 1.29 is 24.3 Å². The van der Waals surface area contributed by atoms with Crippen LogP contribution in [0, 0.1) is 0 Å². The summed E-state index contributed by atoms with van der Waals surface area (Å²) in [6.07, 6.45) is 2.41. The van der Waals surface area contributed by atoms with E-state index in [2.05, 4.69) is 5.32 Å². The third-order valence-electron chi connectivity index (χ3n) is 6.48. The predicted octanol–water partition coefficient (Wildman–Crippen LogP) is 3.13. The molecule has 4 atom stereocenters. The van der Waals surface area contributed by atoms with Gasteiger partial charge in [0.25, 0.3) is 0 Å². The molecule has 7 nitrogen and oxygen atoms in total. The van der Waals surface area contributed by atoms with Crippen LogP contribution in [0.3, 0.4) is 0 Å². The number of carbonyl (C=O) groups excluding carboxylic acids is 3. The number of hydrogen-bond acceptors (Lipinski definition) is 5. The van der Waals surface area contributed by atoms with Crippen molar-refractivity contribution in [1.29, 1.82) is 0 Å². The summed E-state index contributed by atoms with van der Waals surface area (Å²) in [5.41, 5.74) is 2.78. The number of aliphatic carboxylic acids is 1. The van der Waals surface area contributed by atoms with Gasteiger partial charge in [-0.2, -0.15) is 0 Å². The van der Waals surface area contributed by atoms with Crippen LogP contribution in [0.4, 0.5) is 0 Å². The second kappa shape index (κ2) is 10.4. The van der Waals surface area contributed by atoms with Crippen molar-refractivity contribution in [2.75, 3.05) is 0 Å². The number of fused-ring (bicyclic) bond motifs is 3. The highest BCUT2D eigenvalue weighted by Gasteiger charge is 2.44. The summed E-state index contributed by atoms with van der Waals surface area (Å²) in [5, 5.41) is 11.8. The molecular weight excluding hydrogens is 452 g/mol. The van der Waals surface area contributed by atoms with Gasteiger partial charge in [-0.25, -0.2) is 4.79 Å². The number of hydrogen-bond donors (Lipinski definition) is 2. The zero-order valence-electron chi connectivity index (χ0n) is 19.0. The van der Waals surface area contributed by atoms with Gasteiger partial charge >= 0.3 is 5.97 Å².